The monoisotopic (exact) mass is 296 g/mol. The normalized spacial score (nSPS) is 18.9. The van der Waals surface area contributed by atoms with Crippen LogP contribution >= 0.6 is 0 Å². The molecule has 1 heterocycles. The summed E-state index contributed by atoms with van der Waals surface area (Å²) in [4.78, 5) is 0. The Morgan fingerprint density at radius 1 is 1.35 bits per heavy atom. The summed E-state index contributed by atoms with van der Waals surface area (Å²) in [6, 6.07) is 7.79. The summed E-state index contributed by atoms with van der Waals surface area (Å²) >= 11 is 0. The number of sulfonamides is 1. The molecule has 5 nitrogen and oxygen atoms in total. The number of nitrogens with one attached hydrogen (secondary N) is 2. The average molecular weight is 296 g/mol. The van der Waals surface area contributed by atoms with Crippen LogP contribution in [0.5, 0.6) is 0 Å². The van der Waals surface area contributed by atoms with Gasteiger partial charge in [-0.25, -0.2) is 13.1 Å². The second kappa shape index (κ2) is 6.88. The molecule has 0 aliphatic carbocycles. The Kier molecular flexibility index (Phi) is 5.17. The highest BCUT2D eigenvalue weighted by Crippen LogP contribution is 2.15. The lowest BCUT2D eigenvalue weighted by molar-refractivity contribution is 0.195. The van der Waals surface area contributed by atoms with Gasteiger partial charge in [0.1, 0.15) is 0 Å². The topological polar surface area (TPSA) is 67.4 Å². The van der Waals surface area contributed by atoms with E-state index in [1.165, 1.54) is 6.08 Å². The fourth-order valence-electron chi connectivity index (χ4n) is 2.04. The van der Waals surface area contributed by atoms with Crippen molar-refractivity contribution in [2.45, 2.75) is 18.2 Å². The molecule has 6 heteroatoms. The van der Waals surface area contributed by atoms with Crippen LogP contribution < -0.4 is 10.0 Å². The van der Waals surface area contributed by atoms with Gasteiger partial charge in [-0.3, -0.25) is 0 Å². The van der Waals surface area contributed by atoms with Gasteiger partial charge in [-0.2, -0.15) is 0 Å². The van der Waals surface area contributed by atoms with Crippen molar-refractivity contribution in [2.24, 2.45) is 0 Å². The van der Waals surface area contributed by atoms with Gasteiger partial charge in [0.25, 0.3) is 0 Å². The third-order valence-corrected chi connectivity index (χ3v) is 4.38. The first kappa shape index (κ1) is 15.0. The SMILES string of the molecule is C=CCNS(=O)(=O)Cc1ccc(NC2CCOC2)cc1. The zero-order valence-electron chi connectivity index (χ0n) is 11.3. The van der Waals surface area contributed by atoms with Crippen molar-refractivity contribution in [3.05, 3.63) is 42.5 Å². The van der Waals surface area contributed by atoms with Gasteiger partial charge in [0.2, 0.25) is 10.0 Å². The van der Waals surface area contributed by atoms with E-state index in [0.717, 1.165) is 30.9 Å². The fraction of sp³-hybridized carbons (Fsp3) is 0.429. The van der Waals surface area contributed by atoms with Crippen LogP contribution in [0, 0.1) is 0 Å². The molecule has 1 aliphatic heterocycles. The molecule has 1 aliphatic rings. The molecule has 1 saturated heterocycles. The lowest BCUT2D eigenvalue weighted by Gasteiger charge is -2.12. The maximum atomic E-state index is 11.7. The molecule has 1 fully saturated rings. The Morgan fingerprint density at radius 2 is 2.10 bits per heavy atom. The molecule has 20 heavy (non-hydrogen) atoms. The van der Waals surface area contributed by atoms with Crippen LogP contribution in [0.2, 0.25) is 0 Å². The van der Waals surface area contributed by atoms with E-state index < -0.39 is 10.0 Å². The van der Waals surface area contributed by atoms with E-state index >= 15 is 0 Å². The van der Waals surface area contributed by atoms with Gasteiger partial charge in [-0.05, 0) is 24.1 Å². The van der Waals surface area contributed by atoms with E-state index in [4.69, 9.17) is 4.74 Å². The zero-order valence-corrected chi connectivity index (χ0v) is 12.2. The van der Waals surface area contributed by atoms with Crippen molar-refractivity contribution in [2.75, 3.05) is 25.1 Å². The molecule has 2 N–H and O–H groups in total. The Bertz CT molecular complexity index is 534. The molecule has 1 aromatic carbocycles. The molecule has 0 aromatic heterocycles. The summed E-state index contributed by atoms with van der Waals surface area (Å²) < 4.78 is 31.2. The molecule has 0 spiro atoms. The van der Waals surface area contributed by atoms with E-state index in [1.807, 2.05) is 24.3 Å². The molecule has 0 amide bonds. The van der Waals surface area contributed by atoms with Crippen LogP contribution in [0.4, 0.5) is 5.69 Å². The van der Waals surface area contributed by atoms with Gasteiger partial charge in [0.15, 0.2) is 0 Å². The molecule has 1 aromatic rings. The summed E-state index contributed by atoms with van der Waals surface area (Å²) in [5.41, 5.74) is 1.75. The number of anilines is 1. The van der Waals surface area contributed by atoms with Gasteiger partial charge in [0.05, 0.1) is 18.4 Å². The Morgan fingerprint density at radius 3 is 2.70 bits per heavy atom. The van der Waals surface area contributed by atoms with E-state index in [1.54, 1.807) is 0 Å². The van der Waals surface area contributed by atoms with Crippen LogP contribution in [0.15, 0.2) is 36.9 Å². The number of rotatable bonds is 7. The van der Waals surface area contributed by atoms with Crippen molar-refractivity contribution >= 4 is 15.7 Å². The van der Waals surface area contributed by atoms with Gasteiger partial charge in [-0.15, -0.1) is 6.58 Å². The van der Waals surface area contributed by atoms with Crippen LogP contribution in [0.3, 0.4) is 0 Å². The number of benzene rings is 1. The summed E-state index contributed by atoms with van der Waals surface area (Å²) in [5, 5.41) is 3.36. The molecule has 0 bridgehead atoms. The van der Waals surface area contributed by atoms with Crippen molar-refractivity contribution in [3.63, 3.8) is 0 Å². The molecular formula is C14H20N2O3S. The second-order valence-corrected chi connectivity index (χ2v) is 6.60. The Labute approximate surface area is 120 Å². The van der Waals surface area contributed by atoms with E-state index in [9.17, 15) is 8.42 Å². The smallest absolute Gasteiger partial charge is 0.216 e. The number of hydrogen-bond donors (Lipinski definition) is 2. The van der Waals surface area contributed by atoms with Gasteiger partial charge >= 0.3 is 0 Å². The standard InChI is InChI=1S/C14H20N2O3S/c1-2-8-15-20(17,18)11-12-3-5-13(6-4-12)16-14-7-9-19-10-14/h2-6,14-16H,1,7-11H2. The third kappa shape index (κ3) is 4.63. The predicted molar refractivity (Wildman–Crippen MR) is 80.1 cm³/mol. The maximum absolute atomic E-state index is 11.7. The highest BCUT2D eigenvalue weighted by atomic mass is 32.2. The minimum Gasteiger partial charge on any atom is -0.380 e. The van der Waals surface area contributed by atoms with Crippen molar-refractivity contribution in [3.8, 4) is 0 Å². The summed E-state index contributed by atoms with van der Waals surface area (Å²) in [7, 11) is -3.29. The minimum atomic E-state index is -3.29. The van der Waals surface area contributed by atoms with E-state index in [0.29, 0.717) is 6.04 Å². The van der Waals surface area contributed by atoms with Gasteiger partial charge < -0.3 is 10.1 Å². The summed E-state index contributed by atoms with van der Waals surface area (Å²) in [6.07, 6.45) is 2.52. The first-order valence-electron chi connectivity index (χ1n) is 6.60. The first-order valence-corrected chi connectivity index (χ1v) is 8.26. The van der Waals surface area contributed by atoms with Gasteiger partial charge in [0, 0.05) is 18.8 Å². The van der Waals surface area contributed by atoms with Crippen LogP contribution in [-0.4, -0.2) is 34.2 Å². The van der Waals surface area contributed by atoms with Crippen LogP contribution in [-0.2, 0) is 20.5 Å². The van der Waals surface area contributed by atoms with Crippen LogP contribution in [0.1, 0.15) is 12.0 Å². The Hall–Kier alpha value is -1.37. The molecule has 1 unspecified atom stereocenters. The van der Waals surface area contributed by atoms with E-state index in [-0.39, 0.29) is 12.3 Å². The quantitative estimate of drug-likeness (QED) is 0.748. The third-order valence-electron chi connectivity index (χ3n) is 3.06. The zero-order chi connectivity index (χ0) is 14.4. The summed E-state index contributed by atoms with van der Waals surface area (Å²) in [5.74, 6) is -0.0202. The van der Waals surface area contributed by atoms with Gasteiger partial charge in [-0.1, -0.05) is 18.2 Å². The predicted octanol–water partition coefficient (Wildman–Crippen LogP) is 1.49. The highest BCUT2D eigenvalue weighted by Gasteiger charge is 2.15. The molecule has 1 atom stereocenters. The highest BCUT2D eigenvalue weighted by molar-refractivity contribution is 7.88. The van der Waals surface area contributed by atoms with Crippen molar-refractivity contribution in [1.29, 1.82) is 0 Å². The van der Waals surface area contributed by atoms with Crippen molar-refractivity contribution < 1.29 is 13.2 Å². The molecule has 110 valence electrons. The molecular weight excluding hydrogens is 276 g/mol. The number of ether oxygens (including phenoxy) is 1. The lowest BCUT2D eigenvalue weighted by atomic mass is 10.2. The Balaban J connectivity index is 1.92. The largest absolute Gasteiger partial charge is 0.380 e. The first-order chi connectivity index (χ1) is 9.59. The molecule has 0 radical (unpaired) electrons. The van der Waals surface area contributed by atoms with Crippen molar-refractivity contribution in [1.82, 2.24) is 4.72 Å². The lowest BCUT2D eigenvalue weighted by Crippen LogP contribution is -2.25. The summed E-state index contributed by atoms with van der Waals surface area (Å²) in [6.45, 7) is 5.26. The molecule has 0 saturated carbocycles. The minimum absolute atomic E-state index is 0.0202. The molecule has 2 rings (SSSR count). The maximum Gasteiger partial charge on any atom is 0.216 e. The average Bonchev–Trinajstić information content (AvgIpc) is 2.91. The van der Waals surface area contributed by atoms with E-state index in [2.05, 4.69) is 16.6 Å². The number of hydrogen-bond acceptors (Lipinski definition) is 4. The second-order valence-electron chi connectivity index (χ2n) is 4.80. The fourth-order valence-corrected chi connectivity index (χ4v) is 3.14. The van der Waals surface area contributed by atoms with Crippen LogP contribution in [0.25, 0.3) is 0 Å².